The van der Waals surface area contributed by atoms with Crippen molar-refractivity contribution in [3.8, 4) is 0 Å². The van der Waals surface area contributed by atoms with Crippen LogP contribution in [0, 0.1) is 0 Å². The first-order chi connectivity index (χ1) is 6.05. The molecule has 0 saturated carbocycles. The lowest BCUT2D eigenvalue weighted by molar-refractivity contribution is 0.0158. The predicted molar refractivity (Wildman–Crippen MR) is 44.6 cm³/mol. The van der Waals surface area contributed by atoms with Gasteiger partial charge in [0.05, 0.1) is 0 Å². The third-order valence-corrected chi connectivity index (χ3v) is 1.76. The molecule has 1 rings (SSSR count). The van der Waals surface area contributed by atoms with Crippen molar-refractivity contribution in [3.63, 3.8) is 0 Å². The molecule has 0 amide bonds. The zero-order valence-electron chi connectivity index (χ0n) is 7.22. The largest absolute Gasteiger partial charge is 0.316 e. The van der Waals surface area contributed by atoms with Gasteiger partial charge in [-0.3, -0.25) is 0 Å². The van der Waals surface area contributed by atoms with E-state index in [0.717, 1.165) is 6.92 Å². The molecule has 1 aromatic rings. The maximum absolute atomic E-state index is 12.9. The Morgan fingerprint density at radius 3 is 2.54 bits per heavy atom. The molecule has 2 N–H and O–H groups in total. The smallest absolute Gasteiger partial charge is 0.270 e. The van der Waals surface area contributed by atoms with Crippen molar-refractivity contribution in [3.05, 3.63) is 35.4 Å². The lowest BCUT2D eigenvalue weighted by atomic mass is 10.0. The monoisotopic (exact) mass is 187 g/mol. The summed E-state index contributed by atoms with van der Waals surface area (Å²) in [7, 11) is 0. The molecule has 0 unspecified atom stereocenters. The van der Waals surface area contributed by atoms with Crippen LogP contribution in [-0.4, -0.2) is 5.21 Å². The first kappa shape index (κ1) is 10.1. The Balaban J connectivity index is 3.05. The van der Waals surface area contributed by atoms with Gasteiger partial charge in [0.15, 0.2) is 0 Å². The van der Waals surface area contributed by atoms with E-state index in [1.54, 1.807) is 18.2 Å². The molecule has 4 heteroatoms. The third-order valence-electron chi connectivity index (χ3n) is 1.76. The fourth-order valence-electron chi connectivity index (χ4n) is 1.19. The molecule has 13 heavy (non-hydrogen) atoms. The Bertz CT molecular complexity index is 283. The predicted octanol–water partition coefficient (Wildman–Crippen LogP) is 2.28. The normalized spacial score (nSPS) is 11.7. The van der Waals surface area contributed by atoms with Crippen LogP contribution in [0.2, 0.25) is 0 Å². The molecular weight excluding hydrogens is 176 g/mol. The summed E-state index contributed by atoms with van der Waals surface area (Å²) in [5.74, 6) is -2.87. The molecule has 0 spiro atoms. The molecule has 0 bridgehead atoms. The summed E-state index contributed by atoms with van der Waals surface area (Å²) in [6.45, 7) is 0.864. The summed E-state index contributed by atoms with van der Waals surface area (Å²) >= 11 is 0. The van der Waals surface area contributed by atoms with Crippen molar-refractivity contribution in [1.29, 1.82) is 0 Å². The number of halogens is 2. The second-order valence-corrected chi connectivity index (χ2v) is 2.88. The van der Waals surface area contributed by atoms with Crippen molar-refractivity contribution >= 4 is 0 Å². The number of hydrogen-bond donors (Lipinski definition) is 2. The van der Waals surface area contributed by atoms with Crippen LogP contribution >= 0.6 is 0 Å². The van der Waals surface area contributed by atoms with Crippen LogP contribution in [0.5, 0.6) is 0 Å². The average molecular weight is 187 g/mol. The van der Waals surface area contributed by atoms with Gasteiger partial charge in [-0.25, -0.2) is 14.3 Å². The number of benzene rings is 1. The van der Waals surface area contributed by atoms with E-state index >= 15 is 0 Å². The molecule has 0 saturated heterocycles. The van der Waals surface area contributed by atoms with E-state index in [0.29, 0.717) is 5.56 Å². The topological polar surface area (TPSA) is 32.3 Å². The minimum atomic E-state index is -2.87. The van der Waals surface area contributed by atoms with Crippen LogP contribution in [0.15, 0.2) is 24.3 Å². The van der Waals surface area contributed by atoms with Gasteiger partial charge in [0.25, 0.3) is 5.92 Å². The van der Waals surface area contributed by atoms with E-state index in [2.05, 4.69) is 0 Å². The molecule has 0 aliphatic heterocycles. The van der Waals surface area contributed by atoms with Crippen LogP contribution in [0.1, 0.15) is 18.1 Å². The standard InChI is InChI=1S/C9H11F2NO/c1-9(10,11)8-5-3-2-4-7(8)6-12-13/h2-5,12-13H,6H2,1H3. The average Bonchev–Trinajstić information content (AvgIpc) is 2.04. The summed E-state index contributed by atoms with van der Waals surface area (Å²) in [5.41, 5.74) is 2.20. The van der Waals surface area contributed by atoms with Gasteiger partial charge < -0.3 is 5.21 Å². The first-order valence-corrected chi connectivity index (χ1v) is 3.89. The molecule has 0 radical (unpaired) electrons. The Hall–Kier alpha value is -1.00. The van der Waals surface area contributed by atoms with Gasteiger partial charge in [-0.1, -0.05) is 24.3 Å². The first-order valence-electron chi connectivity index (χ1n) is 3.89. The van der Waals surface area contributed by atoms with Gasteiger partial charge in [0.1, 0.15) is 0 Å². The molecule has 72 valence electrons. The highest BCUT2D eigenvalue weighted by molar-refractivity contribution is 5.30. The fraction of sp³-hybridized carbons (Fsp3) is 0.333. The summed E-state index contributed by atoms with van der Waals surface area (Å²) in [6, 6.07) is 6.11. The molecule has 1 aromatic carbocycles. The van der Waals surface area contributed by atoms with E-state index in [9.17, 15) is 8.78 Å². The van der Waals surface area contributed by atoms with Crippen molar-refractivity contribution in [2.24, 2.45) is 0 Å². The minimum Gasteiger partial charge on any atom is -0.316 e. The highest BCUT2D eigenvalue weighted by Crippen LogP contribution is 2.29. The van der Waals surface area contributed by atoms with E-state index in [1.807, 2.05) is 5.48 Å². The van der Waals surface area contributed by atoms with Gasteiger partial charge in [-0.05, 0) is 5.56 Å². The third kappa shape index (κ3) is 2.47. The second kappa shape index (κ2) is 3.81. The minimum absolute atomic E-state index is 0.0274. The summed E-state index contributed by atoms with van der Waals surface area (Å²) in [6.07, 6.45) is 0. The lowest BCUT2D eigenvalue weighted by Crippen LogP contribution is -2.15. The molecule has 0 aliphatic carbocycles. The number of hydroxylamine groups is 1. The number of hydrogen-bond acceptors (Lipinski definition) is 2. The SMILES string of the molecule is CC(F)(F)c1ccccc1CNO. The molecule has 0 atom stereocenters. The second-order valence-electron chi connectivity index (χ2n) is 2.88. The highest BCUT2D eigenvalue weighted by Gasteiger charge is 2.26. The van der Waals surface area contributed by atoms with E-state index in [4.69, 9.17) is 5.21 Å². The van der Waals surface area contributed by atoms with Crippen molar-refractivity contribution in [1.82, 2.24) is 5.48 Å². The van der Waals surface area contributed by atoms with Gasteiger partial charge >= 0.3 is 0 Å². The quantitative estimate of drug-likeness (QED) is 0.711. The van der Waals surface area contributed by atoms with Gasteiger partial charge in [0.2, 0.25) is 0 Å². The summed E-state index contributed by atoms with van der Waals surface area (Å²) < 4.78 is 25.9. The van der Waals surface area contributed by atoms with E-state index < -0.39 is 5.92 Å². The van der Waals surface area contributed by atoms with Crippen molar-refractivity contribution in [2.75, 3.05) is 0 Å². The summed E-state index contributed by atoms with van der Waals surface area (Å²) in [5, 5.41) is 8.41. The van der Waals surface area contributed by atoms with Crippen LogP contribution in [0.25, 0.3) is 0 Å². The van der Waals surface area contributed by atoms with Gasteiger partial charge in [0, 0.05) is 19.0 Å². The highest BCUT2D eigenvalue weighted by atomic mass is 19.3. The van der Waals surface area contributed by atoms with Crippen molar-refractivity contribution in [2.45, 2.75) is 19.4 Å². The van der Waals surface area contributed by atoms with Gasteiger partial charge in [-0.2, -0.15) is 0 Å². The van der Waals surface area contributed by atoms with E-state index in [1.165, 1.54) is 6.07 Å². The van der Waals surface area contributed by atoms with Crippen LogP contribution in [-0.2, 0) is 12.5 Å². The fourth-order valence-corrected chi connectivity index (χ4v) is 1.19. The van der Waals surface area contributed by atoms with Crippen LogP contribution < -0.4 is 5.48 Å². The van der Waals surface area contributed by atoms with Gasteiger partial charge in [-0.15, -0.1) is 0 Å². The Labute approximate surface area is 75.2 Å². The van der Waals surface area contributed by atoms with Crippen molar-refractivity contribution < 1.29 is 14.0 Å². The van der Waals surface area contributed by atoms with Crippen LogP contribution in [0.4, 0.5) is 8.78 Å². The zero-order valence-corrected chi connectivity index (χ0v) is 7.22. The maximum Gasteiger partial charge on any atom is 0.270 e. The molecular formula is C9H11F2NO. The van der Waals surface area contributed by atoms with E-state index in [-0.39, 0.29) is 12.1 Å². The molecule has 2 nitrogen and oxygen atoms in total. The number of nitrogens with one attached hydrogen (secondary N) is 1. The Morgan fingerprint density at radius 2 is 2.00 bits per heavy atom. The maximum atomic E-state index is 12.9. The molecule has 0 aromatic heterocycles. The summed E-state index contributed by atoms with van der Waals surface area (Å²) in [4.78, 5) is 0. The molecule has 0 aliphatic rings. The molecule has 0 heterocycles. The number of rotatable bonds is 3. The Kier molecular flexibility index (Phi) is 2.95. The zero-order chi connectivity index (χ0) is 9.90. The number of alkyl halides is 2. The van der Waals surface area contributed by atoms with Crippen LogP contribution in [0.3, 0.4) is 0 Å². The Morgan fingerprint density at radius 1 is 1.38 bits per heavy atom. The lowest BCUT2D eigenvalue weighted by Gasteiger charge is -2.14. The molecule has 0 fully saturated rings.